The van der Waals surface area contributed by atoms with Gasteiger partial charge in [0, 0.05) is 45.4 Å². The van der Waals surface area contributed by atoms with Crippen molar-refractivity contribution in [3.8, 4) is 11.3 Å². The lowest BCUT2D eigenvalue weighted by atomic mass is 9.57. The van der Waals surface area contributed by atoms with Crippen LogP contribution in [0, 0.1) is 11.8 Å². The van der Waals surface area contributed by atoms with Crippen molar-refractivity contribution in [2.45, 2.75) is 12.3 Å². The van der Waals surface area contributed by atoms with Gasteiger partial charge < -0.3 is 0 Å². The molecular weight excluding hydrogens is 657 g/mol. The monoisotopic (exact) mass is 692 g/mol. The first kappa shape index (κ1) is 31.9. The van der Waals surface area contributed by atoms with Crippen molar-refractivity contribution in [3.63, 3.8) is 0 Å². The molecule has 9 aromatic rings. The SMILES string of the molecule is CC1C=C(c2ccc3ccc4cccnc4c3n2)C=CC1C(c1ccccc1)(c1ccccc1)c1ccc(-c2ccc3ccc4cccnc4c3n2)cc1. The molecule has 256 valence electrons. The lowest BCUT2D eigenvalue weighted by Crippen LogP contribution is -2.40. The van der Waals surface area contributed by atoms with Crippen molar-refractivity contribution in [3.05, 3.63) is 211 Å². The number of nitrogens with zero attached hydrogens (tertiary/aromatic N) is 4. The van der Waals surface area contributed by atoms with Gasteiger partial charge in [0.1, 0.15) is 0 Å². The molecule has 4 aromatic heterocycles. The highest BCUT2D eigenvalue weighted by molar-refractivity contribution is 6.04. The zero-order chi connectivity index (χ0) is 36.1. The fourth-order valence-corrected chi connectivity index (χ4v) is 8.69. The number of benzene rings is 5. The fourth-order valence-electron chi connectivity index (χ4n) is 8.69. The molecule has 0 aliphatic heterocycles. The second kappa shape index (κ2) is 13.0. The van der Waals surface area contributed by atoms with Crippen molar-refractivity contribution in [1.82, 2.24) is 19.9 Å². The number of hydrogen-bond acceptors (Lipinski definition) is 4. The first-order valence-electron chi connectivity index (χ1n) is 18.6. The number of allylic oxidation sites excluding steroid dienone is 4. The van der Waals surface area contributed by atoms with Crippen LogP contribution < -0.4 is 0 Å². The van der Waals surface area contributed by atoms with Crippen molar-refractivity contribution in [1.29, 1.82) is 0 Å². The Balaban J connectivity index is 1.09. The van der Waals surface area contributed by atoms with Gasteiger partial charge >= 0.3 is 0 Å². The number of fused-ring (bicyclic) bond motifs is 6. The van der Waals surface area contributed by atoms with Crippen LogP contribution in [-0.2, 0) is 5.41 Å². The van der Waals surface area contributed by atoms with E-state index < -0.39 is 5.41 Å². The summed E-state index contributed by atoms with van der Waals surface area (Å²) < 4.78 is 0. The molecule has 0 N–H and O–H groups in total. The summed E-state index contributed by atoms with van der Waals surface area (Å²) >= 11 is 0. The van der Waals surface area contributed by atoms with Gasteiger partial charge in [-0.2, -0.15) is 0 Å². The van der Waals surface area contributed by atoms with Gasteiger partial charge in [-0.25, -0.2) is 9.97 Å². The predicted molar refractivity (Wildman–Crippen MR) is 222 cm³/mol. The summed E-state index contributed by atoms with van der Waals surface area (Å²) in [5, 5.41) is 4.37. The average Bonchev–Trinajstić information content (AvgIpc) is 3.25. The minimum atomic E-state index is -0.479. The van der Waals surface area contributed by atoms with Gasteiger partial charge in [0.25, 0.3) is 0 Å². The molecule has 0 saturated carbocycles. The Morgan fingerprint density at radius 2 is 0.926 bits per heavy atom. The third kappa shape index (κ3) is 5.21. The molecule has 1 aliphatic carbocycles. The first-order valence-corrected chi connectivity index (χ1v) is 18.6. The van der Waals surface area contributed by atoms with Gasteiger partial charge in [-0.15, -0.1) is 0 Å². The Bertz CT molecular complexity index is 2860. The van der Waals surface area contributed by atoms with E-state index in [1.165, 1.54) is 16.7 Å². The lowest BCUT2D eigenvalue weighted by molar-refractivity contribution is 0.369. The summed E-state index contributed by atoms with van der Waals surface area (Å²) in [7, 11) is 0. The molecule has 0 fully saturated rings. The zero-order valence-electron chi connectivity index (χ0n) is 29.8. The summed E-state index contributed by atoms with van der Waals surface area (Å²) in [6.07, 6.45) is 10.8. The summed E-state index contributed by atoms with van der Waals surface area (Å²) in [6.45, 7) is 2.35. The average molecular weight is 693 g/mol. The molecule has 10 rings (SSSR count). The number of rotatable bonds is 6. The van der Waals surface area contributed by atoms with Gasteiger partial charge in [-0.1, -0.05) is 159 Å². The fraction of sp³-hybridized carbons (Fsp3) is 0.0800. The molecule has 4 nitrogen and oxygen atoms in total. The quantitative estimate of drug-likeness (QED) is 0.129. The Kier molecular flexibility index (Phi) is 7.69. The molecule has 0 bridgehead atoms. The van der Waals surface area contributed by atoms with Crippen molar-refractivity contribution in [2.75, 3.05) is 0 Å². The lowest BCUT2D eigenvalue weighted by Gasteiger charge is -2.45. The maximum Gasteiger partial charge on any atom is 0.0972 e. The van der Waals surface area contributed by atoms with E-state index >= 15 is 0 Å². The van der Waals surface area contributed by atoms with E-state index in [1.54, 1.807) is 0 Å². The van der Waals surface area contributed by atoms with Crippen LogP contribution in [0.2, 0.25) is 0 Å². The van der Waals surface area contributed by atoms with E-state index in [1.807, 2.05) is 24.5 Å². The van der Waals surface area contributed by atoms with Crippen LogP contribution >= 0.6 is 0 Å². The molecule has 5 aromatic carbocycles. The molecule has 0 spiro atoms. The normalized spacial score (nSPS) is 15.9. The van der Waals surface area contributed by atoms with Crippen LogP contribution in [0.1, 0.15) is 29.3 Å². The molecule has 0 radical (unpaired) electrons. The van der Waals surface area contributed by atoms with E-state index in [0.717, 1.165) is 66.1 Å². The maximum atomic E-state index is 5.21. The van der Waals surface area contributed by atoms with Crippen LogP contribution in [0.15, 0.2) is 188 Å². The molecule has 1 aliphatic rings. The molecule has 2 unspecified atom stereocenters. The zero-order valence-corrected chi connectivity index (χ0v) is 29.8. The smallest absolute Gasteiger partial charge is 0.0972 e. The highest BCUT2D eigenvalue weighted by atomic mass is 14.8. The Labute approximate surface area is 314 Å². The molecule has 54 heavy (non-hydrogen) atoms. The van der Waals surface area contributed by atoms with Gasteiger partial charge in [0.2, 0.25) is 0 Å². The molecule has 4 heteroatoms. The Morgan fingerprint density at radius 1 is 0.444 bits per heavy atom. The van der Waals surface area contributed by atoms with Crippen LogP contribution in [0.25, 0.3) is 60.4 Å². The van der Waals surface area contributed by atoms with Crippen molar-refractivity contribution >= 4 is 49.2 Å². The standard InChI is InChI=1S/C50H36N4/c1-33-32-39(45-29-24-38-19-17-36-11-9-31-52-47(36)49(38)54-45)22-27-43(33)50(40-12-4-2-5-13-40,41-14-6-3-7-15-41)42-25-20-34(21-26-42)44-28-23-37-18-16-35-10-8-30-51-46(35)48(37)53-44/h2-33,43H,1H3. The minimum Gasteiger partial charge on any atom is -0.254 e. The first-order chi connectivity index (χ1) is 26.7. The molecule has 2 atom stereocenters. The number of hydrogen-bond donors (Lipinski definition) is 0. The third-order valence-corrected chi connectivity index (χ3v) is 11.2. The maximum absolute atomic E-state index is 5.21. The summed E-state index contributed by atoms with van der Waals surface area (Å²) in [4.78, 5) is 19.8. The molecule has 0 saturated heterocycles. The topological polar surface area (TPSA) is 51.6 Å². The largest absolute Gasteiger partial charge is 0.254 e. The van der Waals surface area contributed by atoms with Gasteiger partial charge in [0.05, 0.1) is 38.9 Å². The van der Waals surface area contributed by atoms with Gasteiger partial charge in [-0.3, -0.25) is 9.97 Å². The summed E-state index contributed by atoms with van der Waals surface area (Å²) in [5.74, 6) is 0.284. The van der Waals surface area contributed by atoms with E-state index in [4.69, 9.17) is 15.0 Å². The van der Waals surface area contributed by atoms with E-state index in [9.17, 15) is 0 Å². The van der Waals surface area contributed by atoms with E-state index in [-0.39, 0.29) is 11.8 Å². The van der Waals surface area contributed by atoms with E-state index in [2.05, 4.69) is 176 Å². The van der Waals surface area contributed by atoms with Crippen molar-refractivity contribution in [2.24, 2.45) is 11.8 Å². The minimum absolute atomic E-state index is 0.107. The number of pyridine rings is 4. The van der Waals surface area contributed by atoms with E-state index in [0.29, 0.717) is 0 Å². The Hall–Kier alpha value is -6.78. The van der Waals surface area contributed by atoms with Crippen LogP contribution in [0.4, 0.5) is 0 Å². The number of aromatic nitrogens is 4. The van der Waals surface area contributed by atoms with Crippen LogP contribution in [0.3, 0.4) is 0 Å². The third-order valence-electron chi connectivity index (χ3n) is 11.2. The molecule has 0 amide bonds. The summed E-state index contributed by atoms with van der Waals surface area (Å²) in [5.41, 5.74) is 11.1. The van der Waals surface area contributed by atoms with Crippen LogP contribution in [-0.4, -0.2) is 19.9 Å². The molecule has 4 heterocycles. The van der Waals surface area contributed by atoms with Crippen LogP contribution in [0.5, 0.6) is 0 Å². The highest BCUT2D eigenvalue weighted by Crippen LogP contribution is 2.51. The predicted octanol–water partition coefficient (Wildman–Crippen LogP) is 11.8. The Morgan fingerprint density at radius 3 is 1.48 bits per heavy atom. The second-order valence-electron chi connectivity index (χ2n) is 14.3. The van der Waals surface area contributed by atoms with Gasteiger partial charge in [0.15, 0.2) is 0 Å². The van der Waals surface area contributed by atoms with Gasteiger partial charge in [-0.05, 0) is 52.4 Å². The van der Waals surface area contributed by atoms with Crippen molar-refractivity contribution < 1.29 is 0 Å². The molecular formula is C50H36N4. The summed E-state index contributed by atoms with van der Waals surface area (Å²) in [6, 6.07) is 56.3. The highest BCUT2D eigenvalue weighted by Gasteiger charge is 2.45. The second-order valence-corrected chi connectivity index (χ2v) is 14.3.